The van der Waals surface area contributed by atoms with Crippen LogP contribution in [0.1, 0.15) is 97.4 Å². The highest BCUT2D eigenvalue weighted by atomic mass is 19.4. The van der Waals surface area contributed by atoms with Crippen LogP contribution in [0.25, 0.3) is 0 Å². The second-order valence-corrected chi connectivity index (χ2v) is 11.3. The third kappa shape index (κ3) is 5.46. The molecule has 2 aliphatic rings. The van der Waals surface area contributed by atoms with E-state index in [1.807, 2.05) is 30.3 Å². The lowest BCUT2D eigenvalue weighted by Crippen LogP contribution is -2.36. The molecule has 37 heavy (non-hydrogen) atoms. The quantitative estimate of drug-likeness (QED) is 0.328. The minimum Gasteiger partial charge on any atom is -0.363 e. The van der Waals surface area contributed by atoms with Gasteiger partial charge in [-0.15, -0.1) is 0 Å². The Labute approximate surface area is 216 Å². The fraction of sp³-hybridized carbons (Fsp3) is 0.467. The van der Waals surface area contributed by atoms with Gasteiger partial charge >= 0.3 is 6.18 Å². The Hall–Kier alpha value is -3.09. The zero-order valence-electron chi connectivity index (χ0n) is 21.4. The molecule has 1 aliphatic heterocycles. The molecule has 0 fully saturated rings. The van der Waals surface area contributed by atoms with Gasteiger partial charge in [0.1, 0.15) is 5.82 Å². The number of aromatic nitrogens is 2. The first-order valence-corrected chi connectivity index (χ1v) is 13.2. The minimum absolute atomic E-state index is 0.169. The number of nitrogens with one attached hydrogen (secondary N) is 1. The fourth-order valence-corrected chi connectivity index (χ4v) is 6.01. The fourth-order valence-electron chi connectivity index (χ4n) is 6.01. The van der Waals surface area contributed by atoms with Gasteiger partial charge in [0.25, 0.3) is 0 Å². The maximum atomic E-state index is 14.0. The van der Waals surface area contributed by atoms with Crippen molar-refractivity contribution in [3.8, 4) is 0 Å². The number of alkyl halides is 3. The third-order valence-corrected chi connectivity index (χ3v) is 8.04. The van der Waals surface area contributed by atoms with Crippen molar-refractivity contribution >= 4 is 11.6 Å². The summed E-state index contributed by atoms with van der Waals surface area (Å²) in [6.45, 7) is 4.16. The van der Waals surface area contributed by atoms with Crippen LogP contribution in [-0.4, -0.2) is 21.7 Å². The van der Waals surface area contributed by atoms with Crippen molar-refractivity contribution in [2.45, 2.75) is 83.0 Å². The molecule has 2 aromatic carbocycles. The lowest BCUT2D eigenvalue weighted by molar-refractivity contribution is -0.173. The molecule has 4 nitrogen and oxygen atoms in total. The predicted molar refractivity (Wildman–Crippen MR) is 139 cm³/mol. The molecule has 0 spiro atoms. The molecule has 0 radical (unpaired) electrons. The highest BCUT2D eigenvalue weighted by molar-refractivity contribution is 6.00. The number of ketones is 1. The smallest absolute Gasteiger partial charge is 0.363 e. The van der Waals surface area contributed by atoms with Gasteiger partial charge in [-0.05, 0) is 60.1 Å². The first kappa shape index (κ1) is 25.6. The molecule has 3 aromatic rings. The van der Waals surface area contributed by atoms with Gasteiger partial charge in [-0.3, -0.25) is 4.79 Å². The van der Waals surface area contributed by atoms with Crippen molar-refractivity contribution in [1.82, 2.24) is 9.78 Å². The molecule has 1 unspecified atom stereocenters. The van der Waals surface area contributed by atoms with E-state index in [0.29, 0.717) is 5.92 Å². The summed E-state index contributed by atoms with van der Waals surface area (Å²) in [5.41, 5.74) is 3.57. The molecule has 7 heteroatoms. The summed E-state index contributed by atoms with van der Waals surface area (Å²) in [4.78, 5) is 13.5. The van der Waals surface area contributed by atoms with E-state index in [1.54, 1.807) is 0 Å². The number of anilines is 1. The van der Waals surface area contributed by atoms with Crippen molar-refractivity contribution in [3.63, 3.8) is 0 Å². The predicted octanol–water partition coefficient (Wildman–Crippen LogP) is 8.04. The van der Waals surface area contributed by atoms with E-state index in [0.717, 1.165) is 35.9 Å². The Morgan fingerprint density at radius 1 is 1.08 bits per heavy atom. The van der Waals surface area contributed by atoms with Crippen LogP contribution in [0.4, 0.5) is 19.0 Å². The number of nitrogens with zero attached hydrogens (tertiary/aromatic N) is 2. The molecule has 0 amide bonds. The van der Waals surface area contributed by atoms with Crippen molar-refractivity contribution in [1.29, 1.82) is 0 Å². The van der Waals surface area contributed by atoms with E-state index >= 15 is 0 Å². The Balaban J connectivity index is 1.33. The number of rotatable bonds is 7. The lowest BCUT2D eigenvalue weighted by Gasteiger charge is -2.34. The highest BCUT2D eigenvalue weighted by Gasteiger charge is 2.47. The Bertz CT molecular complexity index is 1250. The number of carbonyl (C=O) groups is 1. The number of carbonyl (C=O) groups excluding carboxylic acids is 1. The third-order valence-electron chi connectivity index (χ3n) is 8.04. The van der Waals surface area contributed by atoms with Gasteiger partial charge in [-0.1, -0.05) is 68.4 Å². The standard InChI is InChI=1S/C30H34F3N3O/c1-29(2,16-15-21-13-8-12-20-9-6-7-14-23(20)21)18-26(37)24-19-34-36-27(30(31,32)33)17-25(35-28(24)36)22-10-4-3-5-11-22/h3-7,9-11,14,19,21,25,27,35H,8,12-13,15-18H2,1-2H3/t21?,25-,27+/m1/s1. The summed E-state index contributed by atoms with van der Waals surface area (Å²) in [6, 6.07) is 15.4. The van der Waals surface area contributed by atoms with Crippen LogP contribution >= 0.6 is 0 Å². The van der Waals surface area contributed by atoms with Gasteiger partial charge in [-0.2, -0.15) is 18.3 Å². The molecule has 2 heterocycles. The number of hydrogen-bond donors (Lipinski definition) is 1. The molecule has 5 rings (SSSR count). The van der Waals surface area contributed by atoms with Crippen molar-refractivity contribution in [2.24, 2.45) is 5.41 Å². The molecule has 1 aliphatic carbocycles. The number of halogens is 3. The second-order valence-electron chi connectivity index (χ2n) is 11.3. The SMILES string of the molecule is CC(C)(CCC1CCCc2ccccc21)CC(=O)c1cnn2c1N[C@@H](c1ccccc1)C[C@H]2C(F)(F)F. The van der Waals surface area contributed by atoms with E-state index < -0.39 is 18.3 Å². The molecule has 3 atom stereocenters. The Morgan fingerprint density at radius 2 is 1.81 bits per heavy atom. The molecule has 196 valence electrons. The minimum atomic E-state index is -4.47. The molecule has 0 bridgehead atoms. The molecule has 0 saturated heterocycles. The molecular formula is C30H34F3N3O. The van der Waals surface area contributed by atoms with Crippen LogP contribution < -0.4 is 5.32 Å². The number of aryl methyl sites for hydroxylation is 1. The van der Waals surface area contributed by atoms with Crippen LogP contribution in [0.5, 0.6) is 0 Å². The summed E-state index contributed by atoms with van der Waals surface area (Å²) >= 11 is 0. The lowest BCUT2D eigenvalue weighted by atomic mass is 9.75. The van der Waals surface area contributed by atoms with E-state index in [9.17, 15) is 18.0 Å². The average Bonchev–Trinajstić information content (AvgIpc) is 3.31. The number of Topliss-reactive ketones (excluding diaryl/α,β-unsaturated/α-hetero) is 1. The van der Waals surface area contributed by atoms with Crippen LogP contribution in [-0.2, 0) is 6.42 Å². The zero-order chi connectivity index (χ0) is 26.2. The van der Waals surface area contributed by atoms with Crippen LogP contribution in [0.3, 0.4) is 0 Å². The normalized spacial score (nSPS) is 21.6. The maximum Gasteiger partial charge on any atom is 0.410 e. The highest BCUT2D eigenvalue weighted by Crippen LogP contribution is 2.45. The van der Waals surface area contributed by atoms with Gasteiger partial charge < -0.3 is 5.32 Å². The van der Waals surface area contributed by atoms with Crippen molar-refractivity contribution in [3.05, 3.63) is 83.0 Å². The van der Waals surface area contributed by atoms with E-state index in [4.69, 9.17) is 0 Å². The van der Waals surface area contributed by atoms with Gasteiger partial charge in [0.2, 0.25) is 0 Å². The Kier molecular flexibility index (Phi) is 6.90. The summed E-state index contributed by atoms with van der Waals surface area (Å²) in [6.07, 6.45) is 2.24. The van der Waals surface area contributed by atoms with Gasteiger partial charge in [0, 0.05) is 12.8 Å². The summed E-state index contributed by atoms with van der Waals surface area (Å²) in [5.74, 6) is 0.492. The molecular weight excluding hydrogens is 475 g/mol. The van der Waals surface area contributed by atoms with Crippen LogP contribution in [0, 0.1) is 5.41 Å². The van der Waals surface area contributed by atoms with E-state index in [-0.39, 0.29) is 35.4 Å². The zero-order valence-corrected chi connectivity index (χ0v) is 21.4. The van der Waals surface area contributed by atoms with Crippen molar-refractivity contribution in [2.75, 3.05) is 5.32 Å². The van der Waals surface area contributed by atoms with E-state index in [2.05, 4.69) is 48.5 Å². The van der Waals surface area contributed by atoms with Gasteiger partial charge in [-0.25, -0.2) is 4.68 Å². The summed E-state index contributed by atoms with van der Waals surface area (Å²) in [5, 5.41) is 7.25. The molecule has 1 aromatic heterocycles. The number of hydrogen-bond acceptors (Lipinski definition) is 3. The number of benzene rings is 2. The van der Waals surface area contributed by atoms with Gasteiger partial charge in [0.15, 0.2) is 11.8 Å². The number of fused-ring (bicyclic) bond motifs is 2. The first-order chi connectivity index (χ1) is 17.6. The first-order valence-electron chi connectivity index (χ1n) is 13.2. The summed E-state index contributed by atoms with van der Waals surface area (Å²) < 4.78 is 43.0. The monoisotopic (exact) mass is 509 g/mol. The Morgan fingerprint density at radius 3 is 2.57 bits per heavy atom. The topological polar surface area (TPSA) is 46.9 Å². The molecule has 0 saturated carbocycles. The molecule has 1 N–H and O–H groups in total. The largest absolute Gasteiger partial charge is 0.410 e. The van der Waals surface area contributed by atoms with Crippen LogP contribution in [0.15, 0.2) is 60.8 Å². The second kappa shape index (κ2) is 9.99. The van der Waals surface area contributed by atoms with Crippen LogP contribution in [0.2, 0.25) is 0 Å². The summed E-state index contributed by atoms with van der Waals surface area (Å²) in [7, 11) is 0. The average molecular weight is 510 g/mol. The van der Waals surface area contributed by atoms with Gasteiger partial charge in [0.05, 0.1) is 17.8 Å². The maximum absolute atomic E-state index is 14.0. The van der Waals surface area contributed by atoms with Crippen molar-refractivity contribution < 1.29 is 18.0 Å². The van der Waals surface area contributed by atoms with E-state index in [1.165, 1.54) is 23.7 Å².